The number of fused-ring (bicyclic) bond motifs is 9. The van der Waals surface area contributed by atoms with Gasteiger partial charge in [0.2, 0.25) is 0 Å². The van der Waals surface area contributed by atoms with E-state index in [2.05, 4.69) is 179 Å². The summed E-state index contributed by atoms with van der Waals surface area (Å²) in [6.45, 7) is -0.0296. The molecule has 5 heteroatoms. The molecule has 0 bridgehead atoms. The van der Waals surface area contributed by atoms with E-state index in [-0.39, 0.29) is 6.71 Å². The lowest BCUT2D eigenvalue weighted by Gasteiger charge is -2.34. The van der Waals surface area contributed by atoms with Gasteiger partial charge in [0.1, 0.15) is 23.0 Å². The van der Waals surface area contributed by atoms with Crippen LogP contribution in [0.5, 0.6) is 23.0 Å². The molecule has 238 valence electrons. The molecular weight excluding hydrogens is 623 g/mol. The molecule has 2 aliphatic heterocycles. The van der Waals surface area contributed by atoms with E-state index in [4.69, 9.17) is 9.47 Å². The third-order valence-corrected chi connectivity index (χ3v) is 10.5. The number of hydrogen-bond acceptors (Lipinski definition) is 3. The van der Waals surface area contributed by atoms with Crippen LogP contribution < -0.4 is 30.8 Å². The van der Waals surface area contributed by atoms with Crippen LogP contribution in [-0.4, -0.2) is 11.3 Å². The molecule has 0 aliphatic carbocycles. The number of anilines is 3. The lowest BCUT2D eigenvalue weighted by Crippen LogP contribution is -2.57. The van der Waals surface area contributed by atoms with Gasteiger partial charge < -0.3 is 18.9 Å². The molecule has 9 aromatic rings. The number of hydrogen-bond donors (Lipinski definition) is 0. The maximum atomic E-state index is 6.83. The van der Waals surface area contributed by atoms with Gasteiger partial charge in [0, 0.05) is 39.4 Å². The maximum Gasteiger partial charge on any atom is 0.261 e. The first-order valence-corrected chi connectivity index (χ1v) is 17.4. The van der Waals surface area contributed by atoms with Gasteiger partial charge in [0.05, 0.1) is 16.7 Å². The quantitative estimate of drug-likeness (QED) is 0.177. The monoisotopic (exact) mass is 652 g/mol. The highest BCUT2D eigenvalue weighted by Gasteiger charge is 2.41. The normalized spacial score (nSPS) is 12.6. The van der Waals surface area contributed by atoms with E-state index in [1.54, 1.807) is 0 Å². The second-order valence-electron chi connectivity index (χ2n) is 13.3. The number of nitrogens with zero attached hydrogens (tertiary/aromatic N) is 2. The average molecular weight is 653 g/mol. The molecule has 0 atom stereocenters. The van der Waals surface area contributed by atoms with Gasteiger partial charge in [-0.05, 0) is 82.4 Å². The highest BCUT2D eigenvalue weighted by Crippen LogP contribution is 2.45. The molecule has 1 aromatic heterocycles. The van der Waals surface area contributed by atoms with E-state index in [1.165, 1.54) is 32.5 Å². The summed E-state index contributed by atoms with van der Waals surface area (Å²) in [5, 5.41) is 4.82. The van der Waals surface area contributed by atoms with Crippen LogP contribution in [0.25, 0.3) is 38.3 Å². The van der Waals surface area contributed by atoms with Gasteiger partial charge in [-0.15, -0.1) is 0 Å². The molecule has 0 fully saturated rings. The van der Waals surface area contributed by atoms with Crippen LogP contribution in [0.2, 0.25) is 0 Å². The Balaban J connectivity index is 1.16. The number of aromatic nitrogens is 1. The minimum atomic E-state index is -0.0296. The summed E-state index contributed by atoms with van der Waals surface area (Å²) in [6, 6.07) is 62.3. The second kappa shape index (κ2) is 10.9. The van der Waals surface area contributed by atoms with E-state index in [0.29, 0.717) is 0 Å². The van der Waals surface area contributed by atoms with Crippen molar-refractivity contribution in [3.63, 3.8) is 0 Å². The van der Waals surface area contributed by atoms with Crippen LogP contribution in [0, 0.1) is 0 Å². The number of ether oxygens (including phenoxy) is 2. The van der Waals surface area contributed by atoms with Crippen LogP contribution in [0.1, 0.15) is 0 Å². The summed E-state index contributed by atoms with van der Waals surface area (Å²) in [6.07, 6.45) is 0. The minimum Gasteiger partial charge on any atom is -0.458 e. The summed E-state index contributed by atoms with van der Waals surface area (Å²) >= 11 is 0. The molecular formula is C46H29BN2O2. The van der Waals surface area contributed by atoms with Gasteiger partial charge in [-0.1, -0.05) is 109 Å². The Morgan fingerprint density at radius 1 is 0.451 bits per heavy atom. The smallest absolute Gasteiger partial charge is 0.261 e. The molecule has 8 aromatic carbocycles. The van der Waals surface area contributed by atoms with Crippen LogP contribution in [-0.2, 0) is 0 Å². The predicted molar refractivity (Wildman–Crippen MR) is 211 cm³/mol. The van der Waals surface area contributed by atoms with Gasteiger partial charge in [0.15, 0.2) is 0 Å². The summed E-state index contributed by atoms with van der Waals surface area (Å²) in [5.41, 5.74) is 10.00. The topological polar surface area (TPSA) is 26.6 Å². The molecule has 0 saturated heterocycles. The summed E-state index contributed by atoms with van der Waals surface area (Å²) < 4.78 is 15.8. The molecule has 0 saturated carbocycles. The van der Waals surface area contributed by atoms with E-state index < -0.39 is 0 Å². The van der Waals surface area contributed by atoms with Crippen LogP contribution in [0.15, 0.2) is 176 Å². The molecule has 2 aliphatic rings. The Bertz CT molecular complexity index is 2830. The fourth-order valence-corrected chi connectivity index (χ4v) is 8.36. The van der Waals surface area contributed by atoms with Crippen molar-refractivity contribution in [3.05, 3.63) is 176 Å². The Kier molecular flexibility index (Phi) is 6.01. The largest absolute Gasteiger partial charge is 0.458 e. The van der Waals surface area contributed by atoms with Crippen molar-refractivity contribution < 1.29 is 9.47 Å². The minimum absolute atomic E-state index is 0.0296. The molecule has 0 unspecified atom stereocenters. The summed E-state index contributed by atoms with van der Waals surface area (Å²) in [5.74, 6) is 3.42. The van der Waals surface area contributed by atoms with Gasteiger partial charge >= 0.3 is 0 Å². The number of benzene rings is 8. The molecule has 3 heterocycles. The Labute approximate surface area is 295 Å². The van der Waals surface area contributed by atoms with Crippen molar-refractivity contribution in [1.29, 1.82) is 0 Å². The molecule has 0 spiro atoms. The third kappa shape index (κ3) is 4.15. The first-order chi connectivity index (χ1) is 25.3. The predicted octanol–water partition coefficient (Wildman–Crippen LogP) is 10.1. The highest BCUT2D eigenvalue weighted by molar-refractivity contribution is 6.99. The van der Waals surface area contributed by atoms with Gasteiger partial charge in [-0.2, -0.15) is 0 Å². The summed E-state index contributed by atoms with van der Waals surface area (Å²) in [4.78, 5) is 2.36. The summed E-state index contributed by atoms with van der Waals surface area (Å²) in [7, 11) is 0. The first-order valence-electron chi connectivity index (χ1n) is 17.4. The molecule has 11 rings (SSSR count). The first kappa shape index (κ1) is 28.2. The maximum absolute atomic E-state index is 6.83. The molecule has 0 N–H and O–H groups in total. The van der Waals surface area contributed by atoms with Gasteiger partial charge in [-0.25, -0.2) is 0 Å². The highest BCUT2D eigenvalue weighted by atomic mass is 16.5. The van der Waals surface area contributed by atoms with Crippen LogP contribution in [0.4, 0.5) is 17.1 Å². The molecule has 0 radical (unpaired) electrons. The third-order valence-electron chi connectivity index (χ3n) is 10.5. The fraction of sp³-hybridized carbons (Fsp3) is 0. The average Bonchev–Trinajstić information content (AvgIpc) is 3.53. The van der Waals surface area contributed by atoms with Crippen molar-refractivity contribution in [1.82, 2.24) is 4.57 Å². The standard InChI is InChI=1S/C46H29BN2O2/c1-3-14-31(15-4-1)48(39-22-11-20-36-35-19-9-10-21-38(35)49(46(36)39)32-16-5-2-6-17-32)33-26-27-37-43(29-33)51-41-24-12-23-40-45(41)47(37)44-34-18-8-7-13-30(34)25-28-42(44)50-40/h1-29H. The Morgan fingerprint density at radius 3 is 1.96 bits per heavy atom. The van der Waals surface area contributed by atoms with Crippen molar-refractivity contribution in [2.75, 3.05) is 4.90 Å². The van der Waals surface area contributed by atoms with Gasteiger partial charge in [0.25, 0.3) is 6.71 Å². The van der Waals surface area contributed by atoms with E-state index in [0.717, 1.165) is 62.2 Å². The zero-order chi connectivity index (χ0) is 33.5. The molecule has 4 nitrogen and oxygen atoms in total. The number of para-hydroxylation sites is 4. The molecule has 0 amide bonds. The van der Waals surface area contributed by atoms with E-state index in [1.807, 2.05) is 6.07 Å². The Hall–Kier alpha value is -6.72. The van der Waals surface area contributed by atoms with Crippen molar-refractivity contribution in [2.24, 2.45) is 0 Å². The zero-order valence-corrected chi connectivity index (χ0v) is 27.5. The van der Waals surface area contributed by atoms with Crippen LogP contribution >= 0.6 is 0 Å². The lowest BCUT2D eigenvalue weighted by atomic mass is 9.34. The SMILES string of the molecule is c1ccc(N(c2ccc3c(c2)Oc2cccc4c2B3c2c(ccc3ccccc23)O4)c2cccc3c4ccccc4n(-c4ccccc4)c23)cc1. The second-order valence-corrected chi connectivity index (χ2v) is 13.3. The van der Waals surface area contributed by atoms with Crippen molar-refractivity contribution in [2.45, 2.75) is 0 Å². The van der Waals surface area contributed by atoms with Crippen LogP contribution in [0.3, 0.4) is 0 Å². The fourth-order valence-electron chi connectivity index (χ4n) is 8.36. The number of rotatable bonds is 4. The van der Waals surface area contributed by atoms with Crippen molar-refractivity contribution >= 4 is 72.7 Å². The van der Waals surface area contributed by atoms with E-state index in [9.17, 15) is 0 Å². The molecule has 51 heavy (non-hydrogen) atoms. The van der Waals surface area contributed by atoms with E-state index >= 15 is 0 Å². The Morgan fingerprint density at radius 2 is 1.12 bits per heavy atom. The zero-order valence-electron chi connectivity index (χ0n) is 27.5. The van der Waals surface area contributed by atoms with Gasteiger partial charge in [-0.3, -0.25) is 0 Å². The van der Waals surface area contributed by atoms with Crippen molar-refractivity contribution in [3.8, 4) is 28.7 Å². The lowest BCUT2D eigenvalue weighted by molar-refractivity contribution is 0.465.